The van der Waals surface area contributed by atoms with Crippen molar-refractivity contribution in [2.75, 3.05) is 33.4 Å². The fourth-order valence-corrected chi connectivity index (χ4v) is 4.24. The van der Waals surface area contributed by atoms with Gasteiger partial charge < -0.3 is 14.2 Å². The summed E-state index contributed by atoms with van der Waals surface area (Å²) in [7, 11) is 1.30. The highest BCUT2D eigenvalue weighted by atomic mass is 19.4. The Morgan fingerprint density at radius 3 is 2.52 bits per heavy atom. The normalized spacial score (nSPS) is 20.4. The molecule has 0 aliphatic carbocycles. The maximum absolute atomic E-state index is 14.8. The van der Waals surface area contributed by atoms with E-state index < -0.39 is 11.9 Å². The van der Waals surface area contributed by atoms with Crippen LogP contribution < -0.4 is 14.2 Å². The Morgan fingerprint density at radius 2 is 1.84 bits per heavy atom. The van der Waals surface area contributed by atoms with E-state index in [2.05, 4.69) is 9.88 Å². The zero-order valence-electron chi connectivity index (χ0n) is 17.3. The minimum absolute atomic E-state index is 0.0622. The van der Waals surface area contributed by atoms with Crippen LogP contribution >= 0.6 is 0 Å². The lowest BCUT2D eigenvalue weighted by Gasteiger charge is -2.37. The molecule has 1 aromatic carbocycles. The van der Waals surface area contributed by atoms with Crippen molar-refractivity contribution in [3.8, 4) is 17.4 Å². The van der Waals surface area contributed by atoms with Gasteiger partial charge in [-0.3, -0.25) is 4.90 Å². The van der Waals surface area contributed by atoms with E-state index >= 15 is 0 Å². The summed E-state index contributed by atoms with van der Waals surface area (Å²) in [5.41, 5.74) is 0.0387. The molecular weight excluding hydrogens is 416 g/mol. The van der Waals surface area contributed by atoms with E-state index in [9.17, 15) is 17.6 Å². The molecular formula is C22H24F4N2O3. The van der Waals surface area contributed by atoms with Gasteiger partial charge in [0, 0.05) is 30.3 Å². The van der Waals surface area contributed by atoms with E-state index in [1.54, 1.807) is 12.1 Å². The number of aromatic nitrogens is 1. The molecule has 2 aliphatic heterocycles. The standard InChI is InChI=1S/C22H24F4N2O3/c1-13(16-10-18-19(11-17(16)23)31-7-6-30-18)28-5-3-4-14(12-28)15-8-20(22(24,25)26)27-21(9-15)29-2/h8-11,13-14H,3-7,12H2,1-2H3. The van der Waals surface area contributed by atoms with E-state index in [1.807, 2.05) is 6.92 Å². The fourth-order valence-electron chi connectivity index (χ4n) is 4.24. The van der Waals surface area contributed by atoms with Crippen LogP contribution in [0, 0.1) is 5.82 Å². The lowest BCUT2D eigenvalue weighted by atomic mass is 9.89. The van der Waals surface area contributed by atoms with Crippen molar-refractivity contribution >= 4 is 0 Å². The molecule has 2 aromatic rings. The van der Waals surface area contributed by atoms with Crippen LogP contribution in [-0.4, -0.2) is 43.3 Å². The number of nitrogens with zero attached hydrogens (tertiary/aromatic N) is 2. The maximum Gasteiger partial charge on any atom is 0.433 e. The fraction of sp³-hybridized carbons (Fsp3) is 0.500. The number of alkyl halides is 3. The number of ether oxygens (including phenoxy) is 3. The van der Waals surface area contributed by atoms with E-state index in [4.69, 9.17) is 14.2 Å². The maximum atomic E-state index is 14.8. The van der Waals surface area contributed by atoms with E-state index in [1.165, 1.54) is 13.2 Å². The zero-order chi connectivity index (χ0) is 22.2. The summed E-state index contributed by atoms with van der Waals surface area (Å²) in [4.78, 5) is 5.62. The highest BCUT2D eigenvalue weighted by Crippen LogP contribution is 2.39. The van der Waals surface area contributed by atoms with Crippen LogP contribution in [0.4, 0.5) is 17.6 Å². The third-order valence-corrected chi connectivity index (χ3v) is 5.91. The molecule has 2 atom stereocenters. The Kier molecular flexibility index (Phi) is 5.96. The molecule has 4 rings (SSSR count). The van der Waals surface area contributed by atoms with Gasteiger partial charge in [0.25, 0.3) is 0 Å². The van der Waals surface area contributed by atoms with Crippen LogP contribution in [0.1, 0.15) is 48.5 Å². The molecule has 0 radical (unpaired) electrons. The van der Waals surface area contributed by atoms with Gasteiger partial charge in [0.1, 0.15) is 24.7 Å². The second-order valence-electron chi connectivity index (χ2n) is 7.85. The van der Waals surface area contributed by atoms with Crippen molar-refractivity contribution in [1.82, 2.24) is 9.88 Å². The van der Waals surface area contributed by atoms with Crippen LogP contribution in [0.15, 0.2) is 24.3 Å². The van der Waals surface area contributed by atoms with Crippen molar-refractivity contribution in [2.45, 2.75) is 37.9 Å². The van der Waals surface area contributed by atoms with Gasteiger partial charge in [-0.2, -0.15) is 13.2 Å². The van der Waals surface area contributed by atoms with Crippen LogP contribution in [0.3, 0.4) is 0 Å². The van der Waals surface area contributed by atoms with Gasteiger partial charge in [0.15, 0.2) is 11.5 Å². The van der Waals surface area contributed by atoms with Crippen molar-refractivity contribution in [3.05, 3.63) is 46.9 Å². The predicted molar refractivity (Wildman–Crippen MR) is 105 cm³/mol. The zero-order valence-corrected chi connectivity index (χ0v) is 17.3. The first-order valence-corrected chi connectivity index (χ1v) is 10.2. The summed E-state index contributed by atoms with van der Waals surface area (Å²) in [6.07, 6.45) is -3.04. The molecule has 0 N–H and O–H groups in total. The number of fused-ring (bicyclic) bond motifs is 1. The topological polar surface area (TPSA) is 43.8 Å². The van der Waals surface area contributed by atoms with E-state index in [0.29, 0.717) is 42.4 Å². The molecule has 1 fully saturated rings. The molecule has 5 nitrogen and oxygen atoms in total. The number of rotatable bonds is 4. The third kappa shape index (κ3) is 4.56. The second kappa shape index (κ2) is 8.53. The first kappa shape index (κ1) is 21.7. The molecule has 168 valence electrons. The van der Waals surface area contributed by atoms with E-state index in [0.717, 1.165) is 25.5 Å². The number of likely N-dealkylation sites (tertiary alicyclic amines) is 1. The summed E-state index contributed by atoms with van der Waals surface area (Å²) in [5, 5.41) is 0. The minimum Gasteiger partial charge on any atom is -0.486 e. The highest BCUT2D eigenvalue weighted by molar-refractivity contribution is 5.45. The van der Waals surface area contributed by atoms with Gasteiger partial charge in [-0.05, 0) is 49.9 Å². The monoisotopic (exact) mass is 440 g/mol. The number of hydrogen-bond donors (Lipinski definition) is 0. The Morgan fingerprint density at radius 1 is 1.13 bits per heavy atom. The SMILES string of the molecule is COc1cc(C2CCCN(C(C)c3cc4c(cc3F)OCCO4)C2)cc(C(F)(F)F)n1. The Labute approximate surface area is 177 Å². The number of halogens is 4. The first-order valence-electron chi connectivity index (χ1n) is 10.2. The highest BCUT2D eigenvalue weighted by Gasteiger charge is 2.35. The van der Waals surface area contributed by atoms with Crippen molar-refractivity contribution in [3.63, 3.8) is 0 Å². The molecule has 0 amide bonds. The smallest absolute Gasteiger partial charge is 0.433 e. The van der Waals surface area contributed by atoms with Gasteiger partial charge in [-0.25, -0.2) is 9.37 Å². The summed E-state index contributed by atoms with van der Waals surface area (Å²) >= 11 is 0. The van der Waals surface area contributed by atoms with Crippen LogP contribution in [0.2, 0.25) is 0 Å². The quantitative estimate of drug-likeness (QED) is 0.629. The average Bonchev–Trinajstić information content (AvgIpc) is 2.77. The number of pyridine rings is 1. The molecule has 9 heteroatoms. The molecule has 2 unspecified atom stereocenters. The molecule has 31 heavy (non-hydrogen) atoms. The first-order chi connectivity index (χ1) is 14.8. The summed E-state index contributed by atoms with van der Waals surface area (Å²) in [6.45, 7) is 3.90. The van der Waals surface area contributed by atoms with Crippen LogP contribution in [0.25, 0.3) is 0 Å². The molecule has 1 saturated heterocycles. The number of methoxy groups -OCH3 is 1. The van der Waals surface area contributed by atoms with Gasteiger partial charge in [-0.1, -0.05) is 0 Å². The summed E-state index contributed by atoms with van der Waals surface area (Å²) < 4.78 is 70.6. The Bertz CT molecular complexity index is 951. The lowest BCUT2D eigenvalue weighted by Crippen LogP contribution is -2.36. The van der Waals surface area contributed by atoms with Gasteiger partial charge in [-0.15, -0.1) is 0 Å². The number of piperidine rings is 1. The van der Waals surface area contributed by atoms with Gasteiger partial charge in [0.05, 0.1) is 7.11 Å². The lowest BCUT2D eigenvalue weighted by molar-refractivity contribution is -0.141. The van der Waals surface area contributed by atoms with Crippen molar-refractivity contribution < 1.29 is 31.8 Å². The molecule has 0 spiro atoms. The van der Waals surface area contributed by atoms with Crippen LogP contribution in [0.5, 0.6) is 17.4 Å². The number of benzene rings is 1. The van der Waals surface area contributed by atoms with Crippen LogP contribution in [-0.2, 0) is 6.18 Å². The van der Waals surface area contributed by atoms with Gasteiger partial charge in [0.2, 0.25) is 5.88 Å². The minimum atomic E-state index is -4.56. The third-order valence-electron chi connectivity index (χ3n) is 5.91. The van der Waals surface area contributed by atoms with Crippen molar-refractivity contribution in [1.29, 1.82) is 0 Å². The molecule has 0 bridgehead atoms. The average molecular weight is 440 g/mol. The Hall–Kier alpha value is -2.55. The van der Waals surface area contributed by atoms with Crippen molar-refractivity contribution in [2.24, 2.45) is 0 Å². The molecule has 1 aromatic heterocycles. The predicted octanol–water partition coefficient (Wildman–Crippen LogP) is 4.96. The number of hydrogen-bond acceptors (Lipinski definition) is 5. The largest absolute Gasteiger partial charge is 0.486 e. The second-order valence-corrected chi connectivity index (χ2v) is 7.85. The molecule has 2 aliphatic rings. The molecule has 3 heterocycles. The van der Waals surface area contributed by atoms with E-state index in [-0.39, 0.29) is 23.7 Å². The Balaban J connectivity index is 1.58. The molecule has 0 saturated carbocycles. The summed E-state index contributed by atoms with van der Waals surface area (Å²) in [5.74, 6) is 0.308. The summed E-state index contributed by atoms with van der Waals surface area (Å²) in [6, 6.07) is 5.37. The van der Waals surface area contributed by atoms with Gasteiger partial charge >= 0.3 is 6.18 Å².